The van der Waals surface area contributed by atoms with Gasteiger partial charge in [0.1, 0.15) is 0 Å². The van der Waals surface area contributed by atoms with Gasteiger partial charge in [-0.05, 0) is 30.3 Å². The van der Waals surface area contributed by atoms with Gasteiger partial charge in [0, 0.05) is 12.7 Å². The SMILES string of the molecule is CN(c1ccccc1Cl)S(=O)(=O)c1cccc(N)c1. The maximum absolute atomic E-state index is 12.4. The molecule has 100 valence electrons. The Morgan fingerprint density at radius 1 is 1.11 bits per heavy atom. The van der Waals surface area contributed by atoms with E-state index in [1.807, 2.05) is 0 Å². The zero-order chi connectivity index (χ0) is 14.0. The molecule has 0 saturated heterocycles. The molecule has 0 aliphatic carbocycles. The predicted molar refractivity (Wildman–Crippen MR) is 77.9 cm³/mol. The Hall–Kier alpha value is -1.72. The summed E-state index contributed by atoms with van der Waals surface area (Å²) in [6.45, 7) is 0. The van der Waals surface area contributed by atoms with Gasteiger partial charge in [0.05, 0.1) is 15.6 Å². The van der Waals surface area contributed by atoms with Crippen molar-refractivity contribution in [3.63, 3.8) is 0 Å². The van der Waals surface area contributed by atoms with Crippen LogP contribution in [-0.2, 0) is 10.0 Å². The largest absolute Gasteiger partial charge is 0.399 e. The summed E-state index contributed by atoms with van der Waals surface area (Å²) in [6.07, 6.45) is 0. The lowest BCUT2D eigenvalue weighted by Gasteiger charge is -2.20. The first-order valence-electron chi connectivity index (χ1n) is 5.52. The van der Waals surface area contributed by atoms with Crippen LogP contribution >= 0.6 is 11.6 Å². The lowest BCUT2D eigenvalue weighted by atomic mass is 10.3. The van der Waals surface area contributed by atoms with Crippen LogP contribution in [0, 0.1) is 0 Å². The summed E-state index contributed by atoms with van der Waals surface area (Å²) in [5.41, 5.74) is 6.43. The Bertz CT molecular complexity index is 701. The van der Waals surface area contributed by atoms with E-state index in [0.717, 1.165) is 4.31 Å². The van der Waals surface area contributed by atoms with Gasteiger partial charge in [-0.2, -0.15) is 0 Å². The van der Waals surface area contributed by atoms with E-state index in [2.05, 4.69) is 0 Å². The average molecular weight is 297 g/mol. The molecule has 6 heteroatoms. The predicted octanol–water partition coefficient (Wildman–Crippen LogP) is 2.75. The third-order valence-corrected chi connectivity index (χ3v) is 4.80. The molecule has 4 nitrogen and oxygen atoms in total. The zero-order valence-electron chi connectivity index (χ0n) is 10.2. The van der Waals surface area contributed by atoms with Crippen LogP contribution in [-0.4, -0.2) is 15.5 Å². The molecule has 2 aromatic carbocycles. The van der Waals surface area contributed by atoms with Crippen molar-refractivity contribution in [2.24, 2.45) is 0 Å². The van der Waals surface area contributed by atoms with Crippen LogP contribution in [0.4, 0.5) is 11.4 Å². The molecule has 0 amide bonds. The fourth-order valence-electron chi connectivity index (χ4n) is 1.67. The maximum atomic E-state index is 12.4. The highest BCUT2D eigenvalue weighted by molar-refractivity contribution is 7.92. The molecule has 0 radical (unpaired) electrons. The minimum absolute atomic E-state index is 0.134. The number of nitrogen functional groups attached to an aromatic ring is 1. The highest BCUT2D eigenvalue weighted by atomic mass is 35.5. The second-order valence-electron chi connectivity index (χ2n) is 4.00. The molecule has 2 aromatic rings. The lowest BCUT2D eigenvalue weighted by molar-refractivity contribution is 0.594. The molecule has 0 atom stereocenters. The topological polar surface area (TPSA) is 63.4 Å². The molecule has 0 unspecified atom stereocenters. The molecule has 19 heavy (non-hydrogen) atoms. The van der Waals surface area contributed by atoms with Crippen molar-refractivity contribution in [3.8, 4) is 0 Å². The Morgan fingerprint density at radius 3 is 2.42 bits per heavy atom. The van der Waals surface area contributed by atoms with Crippen LogP contribution in [0.15, 0.2) is 53.4 Å². The van der Waals surface area contributed by atoms with Gasteiger partial charge in [-0.15, -0.1) is 0 Å². The first kappa shape index (κ1) is 13.7. The molecule has 0 aliphatic heterocycles. The Labute approximate surface area is 117 Å². The van der Waals surface area contributed by atoms with Gasteiger partial charge in [-0.1, -0.05) is 29.8 Å². The number of anilines is 2. The maximum Gasteiger partial charge on any atom is 0.264 e. The summed E-state index contributed by atoms with van der Waals surface area (Å²) in [6, 6.07) is 12.9. The quantitative estimate of drug-likeness (QED) is 0.886. The first-order valence-corrected chi connectivity index (χ1v) is 7.34. The monoisotopic (exact) mass is 296 g/mol. The van der Waals surface area contributed by atoms with E-state index in [1.54, 1.807) is 36.4 Å². The number of hydrogen-bond acceptors (Lipinski definition) is 3. The van der Waals surface area contributed by atoms with E-state index in [4.69, 9.17) is 17.3 Å². The molecular weight excluding hydrogens is 284 g/mol. The van der Waals surface area contributed by atoms with Gasteiger partial charge in [0.25, 0.3) is 10.0 Å². The van der Waals surface area contributed by atoms with Gasteiger partial charge in [0.15, 0.2) is 0 Å². The van der Waals surface area contributed by atoms with Crippen molar-refractivity contribution in [1.82, 2.24) is 0 Å². The second-order valence-corrected chi connectivity index (χ2v) is 6.37. The van der Waals surface area contributed by atoms with Gasteiger partial charge in [-0.25, -0.2) is 8.42 Å². The van der Waals surface area contributed by atoms with Gasteiger partial charge in [-0.3, -0.25) is 4.31 Å². The van der Waals surface area contributed by atoms with Gasteiger partial charge >= 0.3 is 0 Å². The summed E-state index contributed by atoms with van der Waals surface area (Å²) in [5.74, 6) is 0. The molecule has 0 aromatic heterocycles. The van der Waals surface area contributed by atoms with E-state index in [9.17, 15) is 8.42 Å². The summed E-state index contributed by atoms with van der Waals surface area (Å²) >= 11 is 6.01. The number of rotatable bonds is 3. The van der Waals surface area contributed by atoms with E-state index in [-0.39, 0.29) is 4.90 Å². The summed E-state index contributed by atoms with van der Waals surface area (Å²) in [5, 5.41) is 0.373. The fraction of sp³-hybridized carbons (Fsp3) is 0.0769. The highest BCUT2D eigenvalue weighted by Gasteiger charge is 2.22. The number of hydrogen-bond donors (Lipinski definition) is 1. The van der Waals surface area contributed by atoms with Crippen LogP contribution in [0.25, 0.3) is 0 Å². The van der Waals surface area contributed by atoms with E-state index >= 15 is 0 Å². The zero-order valence-corrected chi connectivity index (χ0v) is 11.8. The molecule has 0 fully saturated rings. The van der Waals surface area contributed by atoms with Crippen molar-refractivity contribution in [2.75, 3.05) is 17.1 Å². The van der Waals surface area contributed by atoms with Crippen molar-refractivity contribution in [2.45, 2.75) is 4.90 Å². The normalized spacial score (nSPS) is 11.3. The number of para-hydroxylation sites is 1. The van der Waals surface area contributed by atoms with Crippen LogP contribution in [0.5, 0.6) is 0 Å². The minimum atomic E-state index is -3.67. The van der Waals surface area contributed by atoms with Crippen LogP contribution in [0.3, 0.4) is 0 Å². The van der Waals surface area contributed by atoms with Gasteiger partial charge in [0.2, 0.25) is 0 Å². The van der Waals surface area contributed by atoms with E-state index in [1.165, 1.54) is 19.2 Å². The van der Waals surface area contributed by atoms with E-state index in [0.29, 0.717) is 16.4 Å². The molecular formula is C13H13ClN2O2S. The number of halogens is 1. The molecule has 2 N–H and O–H groups in total. The number of benzene rings is 2. The van der Waals surface area contributed by atoms with Crippen molar-refractivity contribution >= 4 is 33.0 Å². The molecule has 0 spiro atoms. The third-order valence-electron chi connectivity index (χ3n) is 2.71. The van der Waals surface area contributed by atoms with Crippen LogP contribution in [0.2, 0.25) is 5.02 Å². The van der Waals surface area contributed by atoms with Gasteiger partial charge < -0.3 is 5.73 Å². The first-order chi connectivity index (χ1) is 8.93. The van der Waals surface area contributed by atoms with Crippen molar-refractivity contribution in [3.05, 3.63) is 53.6 Å². The minimum Gasteiger partial charge on any atom is -0.399 e. The van der Waals surface area contributed by atoms with Crippen LogP contribution in [0.1, 0.15) is 0 Å². The van der Waals surface area contributed by atoms with Crippen LogP contribution < -0.4 is 10.0 Å². The average Bonchev–Trinajstić information content (AvgIpc) is 2.38. The van der Waals surface area contributed by atoms with Crippen molar-refractivity contribution in [1.29, 1.82) is 0 Å². The summed E-state index contributed by atoms with van der Waals surface area (Å²) < 4.78 is 26.0. The fourth-order valence-corrected chi connectivity index (χ4v) is 3.25. The Kier molecular flexibility index (Phi) is 3.68. The third kappa shape index (κ3) is 2.67. The number of nitrogens with zero attached hydrogens (tertiary/aromatic N) is 1. The molecule has 0 bridgehead atoms. The molecule has 0 heterocycles. The highest BCUT2D eigenvalue weighted by Crippen LogP contribution is 2.29. The molecule has 0 saturated carbocycles. The molecule has 2 rings (SSSR count). The second kappa shape index (κ2) is 5.11. The smallest absolute Gasteiger partial charge is 0.264 e. The summed E-state index contributed by atoms with van der Waals surface area (Å²) in [7, 11) is -2.21. The summed E-state index contributed by atoms with van der Waals surface area (Å²) in [4.78, 5) is 0.134. The Balaban J connectivity index is 2.49. The standard InChI is InChI=1S/C13H13ClN2O2S/c1-16(13-8-3-2-7-12(13)14)19(17,18)11-6-4-5-10(15)9-11/h2-9H,15H2,1H3. The van der Waals surface area contributed by atoms with E-state index < -0.39 is 10.0 Å². The molecule has 0 aliphatic rings. The number of sulfonamides is 1. The lowest BCUT2D eigenvalue weighted by Crippen LogP contribution is -2.26. The Morgan fingerprint density at radius 2 is 1.79 bits per heavy atom. The van der Waals surface area contributed by atoms with Crippen molar-refractivity contribution < 1.29 is 8.42 Å². The number of nitrogens with two attached hydrogens (primary N) is 1.